The Balaban J connectivity index is 1.96. The maximum absolute atomic E-state index is 5.47. The lowest BCUT2D eigenvalue weighted by atomic mass is 10.2. The van der Waals surface area contributed by atoms with E-state index in [1.165, 1.54) is 23.5 Å². The maximum Gasteiger partial charge on any atom is 0.231 e. The number of fused-ring (bicyclic) bond motifs is 1. The monoisotopic (exact) mass is 286 g/mol. The summed E-state index contributed by atoms with van der Waals surface area (Å²) in [6, 6.07) is 6.35. The Morgan fingerprint density at radius 3 is 2.71 bits per heavy atom. The molecule has 2 heterocycles. The van der Waals surface area contributed by atoms with Gasteiger partial charge >= 0.3 is 0 Å². The maximum atomic E-state index is 5.47. The van der Waals surface area contributed by atoms with Crippen LogP contribution in [0.5, 0.6) is 11.5 Å². The molecule has 2 aliphatic heterocycles. The zero-order valence-electron chi connectivity index (χ0n) is 9.60. The van der Waals surface area contributed by atoms with Crippen LogP contribution in [-0.4, -0.2) is 24.6 Å². The van der Waals surface area contributed by atoms with Gasteiger partial charge in [-0.15, -0.1) is 35.3 Å². The van der Waals surface area contributed by atoms with E-state index in [2.05, 4.69) is 18.4 Å². The van der Waals surface area contributed by atoms with Gasteiger partial charge in [0.05, 0.1) is 0 Å². The van der Waals surface area contributed by atoms with E-state index in [-0.39, 0.29) is 3.41 Å². The van der Waals surface area contributed by atoms with Gasteiger partial charge in [-0.25, -0.2) is 0 Å². The van der Waals surface area contributed by atoms with E-state index in [0.717, 1.165) is 11.5 Å². The molecule has 0 spiro atoms. The van der Waals surface area contributed by atoms with Crippen molar-refractivity contribution in [3.8, 4) is 11.5 Å². The van der Waals surface area contributed by atoms with Crippen molar-refractivity contribution in [3.05, 3.63) is 23.8 Å². The fourth-order valence-corrected chi connectivity index (χ4v) is 6.53. The van der Waals surface area contributed by atoms with Gasteiger partial charge in [0.25, 0.3) is 0 Å². The average molecular weight is 286 g/mol. The van der Waals surface area contributed by atoms with E-state index in [4.69, 9.17) is 9.47 Å². The number of thioether (sulfide) groups is 3. The first-order valence-electron chi connectivity index (χ1n) is 5.57. The molecule has 3 rings (SSSR count). The average Bonchev–Trinajstić information content (AvgIpc) is 2.86. The Hall–Kier alpha value is -0.130. The largest absolute Gasteiger partial charge is 0.454 e. The van der Waals surface area contributed by atoms with Crippen LogP contribution in [0.3, 0.4) is 0 Å². The second-order valence-corrected chi connectivity index (χ2v) is 8.29. The smallest absolute Gasteiger partial charge is 0.231 e. The van der Waals surface area contributed by atoms with Gasteiger partial charge in [-0.05, 0) is 41.9 Å². The van der Waals surface area contributed by atoms with E-state index >= 15 is 0 Å². The van der Waals surface area contributed by atoms with Gasteiger partial charge in [0.2, 0.25) is 6.79 Å². The molecule has 1 aromatic carbocycles. The lowest BCUT2D eigenvalue weighted by Gasteiger charge is -2.34. The Morgan fingerprint density at radius 1 is 1.18 bits per heavy atom. The van der Waals surface area contributed by atoms with Crippen molar-refractivity contribution in [1.82, 2.24) is 0 Å². The lowest BCUT2D eigenvalue weighted by molar-refractivity contribution is 0.174. The molecule has 0 amide bonds. The molecule has 0 radical (unpaired) electrons. The van der Waals surface area contributed by atoms with Gasteiger partial charge in [-0.2, -0.15) is 0 Å². The zero-order chi connectivity index (χ0) is 11.7. The SMILES string of the molecule is CSC1(c2ccc3c(c2)OCO3)SCCCS1. The van der Waals surface area contributed by atoms with Gasteiger partial charge in [-0.1, -0.05) is 6.07 Å². The summed E-state index contributed by atoms with van der Waals surface area (Å²) in [5.74, 6) is 4.24. The summed E-state index contributed by atoms with van der Waals surface area (Å²) < 4.78 is 11.0. The fraction of sp³-hybridized carbons (Fsp3) is 0.500. The molecule has 2 nitrogen and oxygen atoms in total. The molecule has 0 N–H and O–H groups in total. The number of ether oxygens (including phenoxy) is 2. The quantitative estimate of drug-likeness (QED) is 0.821. The van der Waals surface area contributed by atoms with Crippen molar-refractivity contribution < 1.29 is 9.47 Å². The Morgan fingerprint density at radius 2 is 1.94 bits per heavy atom. The van der Waals surface area contributed by atoms with Gasteiger partial charge in [0, 0.05) is 0 Å². The molecule has 5 heteroatoms. The van der Waals surface area contributed by atoms with E-state index in [1.807, 2.05) is 41.4 Å². The number of hydrogen-bond acceptors (Lipinski definition) is 5. The molecule has 17 heavy (non-hydrogen) atoms. The molecule has 0 unspecified atom stereocenters. The molecule has 0 bridgehead atoms. The molecule has 0 aliphatic carbocycles. The first kappa shape index (κ1) is 11.9. The van der Waals surface area contributed by atoms with Crippen LogP contribution in [0.4, 0.5) is 0 Å². The van der Waals surface area contributed by atoms with Crippen molar-refractivity contribution in [1.29, 1.82) is 0 Å². The van der Waals surface area contributed by atoms with Crippen LogP contribution in [0.1, 0.15) is 12.0 Å². The minimum atomic E-state index is 0.138. The van der Waals surface area contributed by atoms with Crippen molar-refractivity contribution in [3.63, 3.8) is 0 Å². The Labute approximate surface area is 114 Å². The highest BCUT2D eigenvalue weighted by atomic mass is 32.3. The molecular weight excluding hydrogens is 272 g/mol. The molecule has 1 saturated heterocycles. The van der Waals surface area contributed by atoms with Gasteiger partial charge in [-0.3, -0.25) is 0 Å². The molecule has 1 fully saturated rings. The minimum Gasteiger partial charge on any atom is -0.454 e. The standard InChI is InChI=1S/C12H14O2S3/c1-15-12(16-5-2-6-17-12)9-3-4-10-11(7-9)14-8-13-10/h3-4,7H,2,5-6,8H2,1H3. The summed E-state index contributed by atoms with van der Waals surface area (Å²) in [7, 11) is 0. The predicted octanol–water partition coefficient (Wildman–Crippen LogP) is 3.76. The van der Waals surface area contributed by atoms with Crippen LogP contribution >= 0.6 is 35.3 Å². The van der Waals surface area contributed by atoms with Crippen LogP contribution in [0, 0.1) is 0 Å². The number of benzene rings is 1. The van der Waals surface area contributed by atoms with E-state index < -0.39 is 0 Å². The normalized spacial score (nSPS) is 21.5. The first-order valence-corrected chi connectivity index (χ1v) is 8.77. The minimum absolute atomic E-state index is 0.138. The van der Waals surface area contributed by atoms with Crippen LogP contribution in [0.25, 0.3) is 0 Å². The summed E-state index contributed by atoms with van der Waals surface area (Å²) in [6.45, 7) is 0.353. The topological polar surface area (TPSA) is 18.5 Å². The second-order valence-electron chi connectivity index (χ2n) is 3.88. The van der Waals surface area contributed by atoms with Crippen LogP contribution < -0.4 is 9.47 Å². The second kappa shape index (κ2) is 4.86. The molecule has 2 aliphatic rings. The van der Waals surface area contributed by atoms with Crippen molar-refractivity contribution in [2.75, 3.05) is 24.6 Å². The number of rotatable bonds is 2. The summed E-state index contributed by atoms with van der Waals surface area (Å²) in [5, 5.41) is 0. The van der Waals surface area contributed by atoms with E-state index in [1.54, 1.807) is 0 Å². The third-order valence-electron chi connectivity index (χ3n) is 2.87. The highest BCUT2D eigenvalue weighted by Crippen LogP contribution is 2.57. The third-order valence-corrected chi connectivity index (χ3v) is 8.27. The number of hydrogen-bond donors (Lipinski definition) is 0. The van der Waals surface area contributed by atoms with Crippen LogP contribution in [-0.2, 0) is 3.41 Å². The molecule has 92 valence electrons. The van der Waals surface area contributed by atoms with Crippen molar-refractivity contribution >= 4 is 35.3 Å². The third kappa shape index (κ3) is 2.13. The highest BCUT2D eigenvalue weighted by Gasteiger charge is 2.35. The van der Waals surface area contributed by atoms with Gasteiger partial charge in [0.15, 0.2) is 11.5 Å². The van der Waals surface area contributed by atoms with E-state index in [0.29, 0.717) is 6.79 Å². The van der Waals surface area contributed by atoms with E-state index in [9.17, 15) is 0 Å². The predicted molar refractivity (Wildman–Crippen MR) is 77.3 cm³/mol. The lowest BCUT2D eigenvalue weighted by Crippen LogP contribution is -2.18. The van der Waals surface area contributed by atoms with Crippen molar-refractivity contribution in [2.45, 2.75) is 9.83 Å². The first-order chi connectivity index (χ1) is 8.34. The molecule has 1 aromatic rings. The molecule has 0 saturated carbocycles. The molecular formula is C12H14O2S3. The van der Waals surface area contributed by atoms with Crippen molar-refractivity contribution in [2.24, 2.45) is 0 Å². The highest BCUT2D eigenvalue weighted by molar-refractivity contribution is 8.32. The Kier molecular flexibility index (Phi) is 3.41. The van der Waals surface area contributed by atoms with Crippen LogP contribution in [0.15, 0.2) is 18.2 Å². The summed E-state index contributed by atoms with van der Waals surface area (Å²) in [5.41, 5.74) is 1.34. The molecule has 0 atom stereocenters. The summed E-state index contributed by atoms with van der Waals surface area (Å²) in [4.78, 5) is 0. The molecule has 0 aromatic heterocycles. The Bertz CT molecular complexity index is 416. The zero-order valence-corrected chi connectivity index (χ0v) is 12.1. The van der Waals surface area contributed by atoms with Crippen LogP contribution in [0.2, 0.25) is 0 Å². The summed E-state index contributed by atoms with van der Waals surface area (Å²) in [6.07, 6.45) is 3.50. The fourth-order valence-electron chi connectivity index (χ4n) is 2.00. The summed E-state index contributed by atoms with van der Waals surface area (Å²) >= 11 is 6.00. The van der Waals surface area contributed by atoms with Gasteiger partial charge in [0.1, 0.15) is 3.41 Å². The van der Waals surface area contributed by atoms with Gasteiger partial charge < -0.3 is 9.47 Å².